The van der Waals surface area contributed by atoms with Crippen LogP contribution in [0.1, 0.15) is 37.7 Å². The van der Waals surface area contributed by atoms with Crippen molar-refractivity contribution in [2.45, 2.75) is 50.0 Å². The highest BCUT2D eigenvalue weighted by Gasteiger charge is 2.32. The SMILES string of the molecule is Cc1cc(S(=O)(=O)N(CCO)C2CCCCC2)ccc1Br. The summed E-state index contributed by atoms with van der Waals surface area (Å²) >= 11 is 3.39. The van der Waals surface area contributed by atoms with Crippen LogP contribution in [0.3, 0.4) is 0 Å². The molecule has 1 aromatic rings. The molecule has 0 aliphatic heterocycles. The summed E-state index contributed by atoms with van der Waals surface area (Å²) in [6, 6.07) is 5.09. The Bertz CT molecular complexity index is 583. The van der Waals surface area contributed by atoms with Gasteiger partial charge in [-0.3, -0.25) is 0 Å². The van der Waals surface area contributed by atoms with E-state index in [0.717, 1.165) is 35.7 Å². The topological polar surface area (TPSA) is 57.6 Å². The van der Waals surface area contributed by atoms with Gasteiger partial charge in [-0.15, -0.1) is 0 Å². The van der Waals surface area contributed by atoms with Crippen molar-refractivity contribution < 1.29 is 13.5 Å². The molecule has 1 saturated carbocycles. The number of aliphatic hydroxyl groups excluding tert-OH is 1. The van der Waals surface area contributed by atoms with Gasteiger partial charge in [0.2, 0.25) is 10.0 Å². The molecule has 0 unspecified atom stereocenters. The van der Waals surface area contributed by atoms with E-state index < -0.39 is 10.0 Å². The van der Waals surface area contributed by atoms with E-state index in [1.54, 1.807) is 18.2 Å². The summed E-state index contributed by atoms with van der Waals surface area (Å²) in [5.74, 6) is 0. The molecular formula is C15H22BrNO3S. The van der Waals surface area contributed by atoms with Gasteiger partial charge in [-0.1, -0.05) is 35.2 Å². The maximum atomic E-state index is 12.9. The predicted octanol–water partition coefficient (Wildman–Crippen LogP) is 3.07. The fourth-order valence-electron chi connectivity index (χ4n) is 2.88. The zero-order valence-electron chi connectivity index (χ0n) is 12.3. The van der Waals surface area contributed by atoms with E-state index in [9.17, 15) is 13.5 Å². The van der Waals surface area contributed by atoms with Crippen LogP contribution in [0.2, 0.25) is 0 Å². The third kappa shape index (κ3) is 3.86. The third-order valence-corrected chi connectivity index (χ3v) is 6.88. The number of benzene rings is 1. The highest BCUT2D eigenvalue weighted by atomic mass is 79.9. The minimum Gasteiger partial charge on any atom is -0.395 e. The zero-order chi connectivity index (χ0) is 15.5. The molecule has 1 aliphatic carbocycles. The number of rotatable bonds is 5. The first kappa shape index (κ1) is 16.9. The fraction of sp³-hybridized carbons (Fsp3) is 0.600. The van der Waals surface area contributed by atoms with E-state index in [1.165, 1.54) is 10.7 Å². The van der Waals surface area contributed by atoms with Gasteiger partial charge in [0, 0.05) is 17.1 Å². The van der Waals surface area contributed by atoms with E-state index in [2.05, 4.69) is 15.9 Å². The van der Waals surface area contributed by atoms with Crippen LogP contribution in [0.4, 0.5) is 0 Å². The van der Waals surface area contributed by atoms with E-state index in [4.69, 9.17) is 0 Å². The average Bonchev–Trinajstić information content (AvgIpc) is 2.48. The molecule has 1 aromatic carbocycles. The van der Waals surface area contributed by atoms with Gasteiger partial charge in [-0.25, -0.2) is 8.42 Å². The van der Waals surface area contributed by atoms with Crippen molar-refractivity contribution in [2.24, 2.45) is 0 Å². The Labute approximate surface area is 135 Å². The quantitative estimate of drug-likeness (QED) is 0.859. The molecule has 0 bridgehead atoms. The summed E-state index contributed by atoms with van der Waals surface area (Å²) in [6.45, 7) is 1.90. The van der Waals surface area contributed by atoms with Gasteiger partial charge in [0.05, 0.1) is 11.5 Å². The minimum atomic E-state index is -3.55. The molecule has 6 heteroatoms. The van der Waals surface area contributed by atoms with Gasteiger partial charge < -0.3 is 5.11 Å². The number of hydrogen-bond acceptors (Lipinski definition) is 3. The van der Waals surface area contributed by atoms with Gasteiger partial charge in [0.15, 0.2) is 0 Å². The number of aryl methyl sites for hydroxylation is 1. The van der Waals surface area contributed by atoms with Crippen molar-refractivity contribution in [3.05, 3.63) is 28.2 Å². The van der Waals surface area contributed by atoms with Crippen LogP contribution in [0.5, 0.6) is 0 Å². The first-order valence-corrected chi connectivity index (χ1v) is 9.59. The lowest BCUT2D eigenvalue weighted by atomic mass is 9.95. The van der Waals surface area contributed by atoms with E-state index in [0.29, 0.717) is 4.90 Å². The second-order valence-electron chi connectivity index (χ2n) is 5.54. The van der Waals surface area contributed by atoms with Gasteiger partial charge in [0.1, 0.15) is 0 Å². The molecule has 0 saturated heterocycles. The Morgan fingerprint density at radius 2 is 1.95 bits per heavy atom. The van der Waals surface area contributed by atoms with Crippen LogP contribution in [-0.4, -0.2) is 37.0 Å². The van der Waals surface area contributed by atoms with Crippen LogP contribution in [-0.2, 0) is 10.0 Å². The van der Waals surface area contributed by atoms with Crippen molar-refractivity contribution >= 4 is 26.0 Å². The summed E-state index contributed by atoms with van der Waals surface area (Å²) < 4.78 is 28.2. The maximum absolute atomic E-state index is 12.9. The standard InChI is InChI=1S/C15H22BrNO3S/c1-12-11-14(7-8-15(12)16)21(19,20)17(9-10-18)13-5-3-2-4-6-13/h7-8,11,13,18H,2-6,9-10H2,1H3. The molecule has 0 spiro atoms. The Balaban J connectivity index is 2.34. The van der Waals surface area contributed by atoms with Crippen LogP contribution in [0.15, 0.2) is 27.6 Å². The van der Waals surface area contributed by atoms with Crippen LogP contribution in [0.25, 0.3) is 0 Å². The molecule has 2 rings (SSSR count). The molecule has 1 N–H and O–H groups in total. The lowest BCUT2D eigenvalue weighted by Crippen LogP contribution is -2.43. The number of hydrogen-bond donors (Lipinski definition) is 1. The summed E-state index contributed by atoms with van der Waals surface area (Å²) in [6.07, 6.45) is 5.05. The van der Waals surface area contributed by atoms with Gasteiger partial charge in [-0.2, -0.15) is 4.31 Å². The normalized spacial score (nSPS) is 17.3. The molecule has 4 nitrogen and oxygen atoms in total. The summed E-state index contributed by atoms with van der Waals surface area (Å²) in [7, 11) is -3.55. The number of nitrogens with zero attached hydrogens (tertiary/aromatic N) is 1. The summed E-state index contributed by atoms with van der Waals surface area (Å²) in [5, 5.41) is 9.26. The Kier molecular flexibility index (Phi) is 5.82. The monoisotopic (exact) mass is 375 g/mol. The average molecular weight is 376 g/mol. The lowest BCUT2D eigenvalue weighted by Gasteiger charge is -2.33. The zero-order valence-corrected chi connectivity index (χ0v) is 14.7. The first-order chi connectivity index (χ1) is 9.96. The molecule has 0 heterocycles. The maximum Gasteiger partial charge on any atom is 0.243 e. The second kappa shape index (κ2) is 7.22. The van der Waals surface area contributed by atoms with Gasteiger partial charge in [0.25, 0.3) is 0 Å². The number of aliphatic hydroxyl groups is 1. The molecule has 21 heavy (non-hydrogen) atoms. The van der Waals surface area contributed by atoms with E-state index >= 15 is 0 Å². The van der Waals surface area contributed by atoms with Crippen LogP contribution >= 0.6 is 15.9 Å². The van der Waals surface area contributed by atoms with Gasteiger partial charge >= 0.3 is 0 Å². The molecule has 1 aliphatic rings. The van der Waals surface area contributed by atoms with Crippen molar-refractivity contribution in [1.82, 2.24) is 4.31 Å². The number of sulfonamides is 1. The molecule has 118 valence electrons. The van der Waals surface area contributed by atoms with E-state index in [-0.39, 0.29) is 19.2 Å². The van der Waals surface area contributed by atoms with E-state index in [1.807, 2.05) is 6.92 Å². The summed E-state index contributed by atoms with van der Waals surface area (Å²) in [4.78, 5) is 0.308. The minimum absolute atomic E-state index is 0.0138. The molecule has 0 atom stereocenters. The molecule has 0 aromatic heterocycles. The smallest absolute Gasteiger partial charge is 0.243 e. The van der Waals surface area contributed by atoms with Crippen molar-refractivity contribution in [3.63, 3.8) is 0 Å². The van der Waals surface area contributed by atoms with Crippen molar-refractivity contribution in [1.29, 1.82) is 0 Å². The first-order valence-electron chi connectivity index (χ1n) is 7.35. The summed E-state index contributed by atoms with van der Waals surface area (Å²) in [5.41, 5.74) is 0.892. The molecule has 1 fully saturated rings. The van der Waals surface area contributed by atoms with Crippen LogP contribution in [0, 0.1) is 6.92 Å². The van der Waals surface area contributed by atoms with Crippen molar-refractivity contribution in [3.8, 4) is 0 Å². The van der Waals surface area contributed by atoms with Gasteiger partial charge in [-0.05, 0) is 43.5 Å². The second-order valence-corrected chi connectivity index (χ2v) is 8.29. The fourth-order valence-corrected chi connectivity index (χ4v) is 4.89. The Morgan fingerprint density at radius 1 is 1.29 bits per heavy atom. The highest BCUT2D eigenvalue weighted by Crippen LogP contribution is 2.29. The molecule has 0 amide bonds. The Hall–Kier alpha value is -0.430. The third-order valence-electron chi connectivity index (χ3n) is 4.04. The molecular weight excluding hydrogens is 354 g/mol. The highest BCUT2D eigenvalue weighted by molar-refractivity contribution is 9.10. The largest absolute Gasteiger partial charge is 0.395 e. The molecule has 0 radical (unpaired) electrons. The predicted molar refractivity (Wildman–Crippen MR) is 86.7 cm³/mol. The number of halogens is 1. The van der Waals surface area contributed by atoms with Crippen molar-refractivity contribution in [2.75, 3.05) is 13.2 Å². The Morgan fingerprint density at radius 3 is 2.52 bits per heavy atom. The lowest BCUT2D eigenvalue weighted by molar-refractivity contribution is 0.199. The van der Waals surface area contributed by atoms with Crippen LogP contribution < -0.4 is 0 Å².